The second kappa shape index (κ2) is 11.9. The van der Waals surface area contributed by atoms with E-state index >= 15 is 0 Å². The lowest BCUT2D eigenvalue weighted by Crippen LogP contribution is -2.27. The van der Waals surface area contributed by atoms with Crippen molar-refractivity contribution in [1.29, 1.82) is 0 Å². The monoisotopic (exact) mass is 504 g/mol. The van der Waals surface area contributed by atoms with Gasteiger partial charge in [0, 0.05) is 48.4 Å². The van der Waals surface area contributed by atoms with E-state index in [1.54, 1.807) is 12.1 Å². The van der Waals surface area contributed by atoms with E-state index in [1.165, 1.54) is 17.2 Å². The third-order valence-corrected chi connectivity index (χ3v) is 7.34. The van der Waals surface area contributed by atoms with E-state index in [9.17, 15) is 9.18 Å². The van der Waals surface area contributed by atoms with Gasteiger partial charge in [0.05, 0.1) is 0 Å². The van der Waals surface area contributed by atoms with Crippen LogP contribution in [0.25, 0.3) is 10.9 Å². The molecule has 0 aliphatic heterocycles. The van der Waals surface area contributed by atoms with E-state index in [0.717, 1.165) is 35.0 Å². The van der Waals surface area contributed by atoms with Crippen LogP contribution in [0.5, 0.6) is 0 Å². The van der Waals surface area contributed by atoms with Crippen LogP contribution in [0.15, 0.2) is 115 Å². The largest absolute Gasteiger partial charge is 0.356 e. The van der Waals surface area contributed by atoms with Gasteiger partial charge >= 0.3 is 0 Å². The van der Waals surface area contributed by atoms with Crippen molar-refractivity contribution < 1.29 is 9.18 Å². The fourth-order valence-electron chi connectivity index (χ4n) is 5.46. The first-order valence-electron chi connectivity index (χ1n) is 13.3. The first-order chi connectivity index (χ1) is 18.6. The molecule has 0 unspecified atom stereocenters. The molecular weight excluding hydrogens is 471 g/mol. The molecule has 0 saturated carbocycles. The summed E-state index contributed by atoms with van der Waals surface area (Å²) in [5.74, 6) is -0.380. The minimum atomic E-state index is -0.291. The summed E-state index contributed by atoms with van der Waals surface area (Å²) < 4.78 is 16.5. The van der Waals surface area contributed by atoms with Gasteiger partial charge in [-0.3, -0.25) is 4.79 Å². The molecular formula is C34H33FN2O. The Morgan fingerprint density at radius 2 is 1.42 bits per heavy atom. The number of aromatic nitrogens is 1. The number of para-hydroxylation sites is 1. The Kier molecular flexibility index (Phi) is 7.98. The van der Waals surface area contributed by atoms with Gasteiger partial charge in [-0.05, 0) is 53.8 Å². The standard InChI is InChI=1S/C34H33FN2O/c1-2-37-24-32(30-18-9-10-19-33(30)37)31(27-16-11-17-28(35)22-27)23-34(38)36-21-20-29(25-12-5-3-6-13-25)26-14-7-4-8-15-26/h3-19,22,24,29,31H,2,20-21,23H2,1H3,(H,36,38)/t31-/m0/s1. The Morgan fingerprint density at radius 1 is 0.789 bits per heavy atom. The Labute approximate surface area is 223 Å². The van der Waals surface area contributed by atoms with E-state index in [-0.39, 0.29) is 30.0 Å². The van der Waals surface area contributed by atoms with Gasteiger partial charge in [-0.15, -0.1) is 0 Å². The van der Waals surface area contributed by atoms with Crippen LogP contribution in [-0.4, -0.2) is 17.0 Å². The van der Waals surface area contributed by atoms with Gasteiger partial charge in [0.1, 0.15) is 5.82 Å². The molecule has 0 aliphatic carbocycles. The van der Waals surface area contributed by atoms with E-state index in [1.807, 2.05) is 30.3 Å². The summed E-state index contributed by atoms with van der Waals surface area (Å²) in [4.78, 5) is 13.3. The second-order valence-electron chi connectivity index (χ2n) is 9.71. The molecule has 0 bridgehead atoms. The average Bonchev–Trinajstić information content (AvgIpc) is 3.33. The fourth-order valence-corrected chi connectivity index (χ4v) is 5.46. The molecule has 0 spiro atoms. The van der Waals surface area contributed by atoms with Crippen molar-refractivity contribution in [1.82, 2.24) is 9.88 Å². The summed E-state index contributed by atoms with van der Waals surface area (Å²) >= 11 is 0. The van der Waals surface area contributed by atoms with Gasteiger partial charge in [-0.2, -0.15) is 0 Å². The van der Waals surface area contributed by atoms with E-state index in [4.69, 9.17) is 0 Å². The molecule has 4 aromatic carbocycles. The third kappa shape index (κ3) is 5.70. The maximum Gasteiger partial charge on any atom is 0.220 e. The predicted octanol–water partition coefficient (Wildman–Crippen LogP) is 7.66. The van der Waals surface area contributed by atoms with Crippen LogP contribution < -0.4 is 5.32 Å². The molecule has 1 aromatic heterocycles. The maximum atomic E-state index is 14.3. The minimum absolute atomic E-state index is 0.0348. The highest BCUT2D eigenvalue weighted by molar-refractivity contribution is 5.86. The van der Waals surface area contributed by atoms with Crippen molar-refractivity contribution in [2.45, 2.75) is 38.1 Å². The van der Waals surface area contributed by atoms with Crippen LogP contribution in [0, 0.1) is 5.82 Å². The van der Waals surface area contributed by atoms with E-state index in [2.05, 4.69) is 83.7 Å². The number of aryl methyl sites for hydroxylation is 1. The number of hydrogen-bond acceptors (Lipinski definition) is 1. The number of rotatable bonds is 10. The first-order valence-corrected chi connectivity index (χ1v) is 13.3. The Bertz CT molecular complexity index is 1450. The topological polar surface area (TPSA) is 34.0 Å². The molecule has 38 heavy (non-hydrogen) atoms. The summed E-state index contributed by atoms with van der Waals surface area (Å²) in [6.07, 6.45) is 3.16. The average molecular weight is 505 g/mol. The van der Waals surface area contributed by atoms with Crippen LogP contribution in [0.2, 0.25) is 0 Å². The van der Waals surface area contributed by atoms with Crippen LogP contribution in [0.4, 0.5) is 4.39 Å². The Balaban J connectivity index is 1.36. The number of nitrogens with zero attached hydrogens (tertiary/aromatic N) is 1. The lowest BCUT2D eigenvalue weighted by molar-refractivity contribution is -0.121. The molecule has 1 amide bonds. The number of hydrogen-bond donors (Lipinski definition) is 1. The summed E-state index contributed by atoms with van der Waals surface area (Å²) in [7, 11) is 0. The van der Waals surface area contributed by atoms with Gasteiger partial charge in [-0.25, -0.2) is 4.39 Å². The van der Waals surface area contributed by atoms with Gasteiger partial charge in [-0.1, -0.05) is 91.0 Å². The molecule has 5 aromatic rings. The third-order valence-electron chi connectivity index (χ3n) is 7.34. The first kappa shape index (κ1) is 25.5. The molecule has 4 heteroatoms. The van der Waals surface area contributed by atoms with Gasteiger partial charge in [0.2, 0.25) is 5.91 Å². The van der Waals surface area contributed by atoms with Crippen molar-refractivity contribution in [3.63, 3.8) is 0 Å². The summed E-state index contributed by atoms with van der Waals surface area (Å²) in [5, 5.41) is 4.27. The number of carbonyl (C=O) groups is 1. The number of nitrogens with one attached hydrogen (secondary N) is 1. The summed E-state index contributed by atoms with van der Waals surface area (Å²) in [5.41, 5.74) is 5.46. The van der Waals surface area contributed by atoms with Gasteiger partial charge in [0.15, 0.2) is 0 Å². The summed E-state index contributed by atoms with van der Waals surface area (Å²) in [6, 6.07) is 35.7. The molecule has 1 N–H and O–H groups in total. The van der Waals surface area contributed by atoms with Gasteiger partial charge in [0.25, 0.3) is 0 Å². The Hall–Kier alpha value is -4.18. The highest BCUT2D eigenvalue weighted by Crippen LogP contribution is 2.35. The smallest absolute Gasteiger partial charge is 0.220 e. The number of halogens is 1. The zero-order valence-corrected chi connectivity index (χ0v) is 21.7. The molecule has 0 radical (unpaired) electrons. The summed E-state index contributed by atoms with van der Waals surface area (Å²) in [6.45, 7) is 3.48. The van der Waals surface area contributed by atoms with E-state index in [0.29, 0.717) is 6.54 Å². The van der Waals surface area contributed by atoms with Gasteiger partial charge < -0.3 is 9.88 Å². The zero-order chi connectivity index (χ0) is 26.3. The number of fused-ring (bicyclic) bond motifs is 1. The molecule has 1 atom stereocenters. The number of carbonyl (C=O) groups excluding carboxylic acids is 1. The highest BCUT2D eigenvalue weighted by Gasteiger charge is 2.23. The van der Waals surface area contributed by atoms with Crippen molar-refractivity contribution in [3.8, 4) is 0 Å². The fraction of sp³-hybridized carbons (Fsp3) is 0.206. The van der Waals surface area contributed by atoms with Crippen LogP contribution >= 0.6 is 0 Å². The Morgan fingerprint density at radius 3 is 2.08 bits per heavy atom. The van der Waals surface area contributed by atoms with Crippen molar-refractivity contribution in [2.75, 3.05) is 6.54 Å². The van der Waals surface area contributed by atoms with Crippen molar-refractivity contribution in [2.24, 2.45) is 0 Å². The minimum Gasteiger partial charge on any atom is -0.356 e. The molecule has 0 saturated heterocycles. The maximum absolute atomic E-state index is 14.3. The molecule has 0 fully saturated rings. The van der Waals surface area contributed by atoms with Crippen LogP contribution in [0.3, 0.4) is 0 Å². The quantitative estimate of drug-likeness (QED) is 0.208. The van der Waals surface area contributed by atoms with Crippen molar-refractivity contribution in [3.05, 3.63) is 143 Å². The molecule has 0 aliphatic rings. The van der Waals surface area contributed by atoms with E-state index < -0.39 is 0 Å². The molecule has 192 valence electrons. The highest BCUT2D eigenvalue weighted by atomic mass is 19.1. The van der Waals surface area contributed by atoms with Crippen LogP contribution in [0.1, 0.15) is 53.9 Å². The second-order valence-corrected chi connectivity index (χ2v) is 9.71. The molecule has 1 heterocycles. The van der Waals surface area contributed by atoms with Crippen LogP contribution in [-0.2, 0) is 11.3 Å². The van der Waals surface area contributed by atoms with Crippen molar-refractivity contribution >= 4 is 16.8 Å². The lowest BCUT2D eigenvalue weighted by atomic mass is 9.87. The SMILES string of the molecule is CCn1cc([C@@H](CC(=O)NCCC(c2ccccc2)c2ccccc2)c2cccc(F)c2)c2ccccc21. The predicted molar refractivity (Wildman–Crippen MR) is 153 cm³/mol. The lowest BCUT2D eigenvalue weighted by Gasteiger charge is -2.20. The zero-order valence-electron chi connectivity index (χ0n) is 21.7. The molecule has 3 nitrogen and oxygen atoms in total. The normalized spacial score (nSPS) is 12.1. The number of benzene rings is 4. The molecule has 5 rings (SSSR count). The number of amides is 1.